The number of ether oxygens (including phenoxy) is 4. The van der Waals surface area contributed by atoms with E-state index in [0.29, 0.717) is 22.9 Å². The van der Waals surface area contributed by atoms with E-state index < -0.39 is 18.5 Å². The van der Waals surface area contributed by atoms with Crippen molar-refractivity contribution in [3.63, 3.8) is 0 Å². The van der Waals surface area contributed by atoms with Gasteiger partial charge in [-0.05, 0) is 48.0 Å². The molecule has 0 saturated carbocycles. The summed E-state index contributed by atoms with van der Waals surface area (Å²) in [6, 6.07) is 17.3. The lowest BCUT2D eigenvalue weighted by molar-refractivity contribution is -0.119. The minimum absolute atomic E-state index is 0.136. The fourth-order valence-electron chi connectivity index (χ4n) is 2.85. The van der Waals surface area contributed by atoms with Crippen LogP contribution in [0, 0.1) is 5.82 Å². The molecule has 0 aliphatic carbocycles. The predicted octanol–water partition coefficient (Wildman–Crippen LogP) is 3.93. The van der Waals surface area contributed by atoms with Crippen LogP contribution in [0.15, 0.2) is 66.7 Å². The smallest absolute Gasteiger partial charge is 0.338 e. The number of esters is 1. The molecule has 8 heteroatoms. The van der Waals surface area contributed by atoms with Gasteiger partial charge in [0.2, 0.25) is 6.79 Å². The molecular weight excluding hydrogens is 405 g/mol. The summed E-state index contributed by atoms with van der Waals surface area (Å²) in [5, 5.41) is 2.63. The second-order valence-electron chi connectivity index (χ2n) is 6.64. The summed E-state index contributed by atoms with van der Waals surface area (Å²) >= 11 is 0. The van der Waals surface area contributed by atoms with Crippen molar-refractivity contribution in [3.05, 3.63) is 83.7 Å². The summed E-state index contributed by atoms with van der Waals surface area (Å²) in [5.74, 6) is 0.113. The molecule has 1 aliphatic heterocycles. The number of carbonyl (C=O) groups is 2. The maximum atomic E-state index is 13.0. The van der Waals surface area contributed by atoms with Crippen molar-refractivity contribution in [2.75, 3.05) is 18.7 Å². The van der Waals surface area contributed by atoms with E-state index in [1.54, 1.807) is 48.5 Å². The first-order valence-electron chi connectivity index (χ1n) is 9.41. The van der Waals surface area contributed by atoms with Crippen LogP contribution in [0.1, 0.15) is 15.9 Å². The molecule has 3 aromatic carbocycles. The van der Waals surface area contributed by atoms with Crippen LogP contribution in [0.2, 0.25) is 0 Å². The van der Waals surface area contributed by atoms with Crippen LogP contribution < -0.4 is 19.5 Å². The zero-order valence-corrected chi connectivity index (χ0v) is 16.3. The summed E-state index contributed by atoms with van der Waals surface area (Å²) in [4.78, 5) is 24.4. The Hall–Kier alpha value is -4.07. The predicted molar refractivity (Wildman–Crippen MR) is 109 cm³/mol. The summed E-state index contributed by atoms with van der Waals surface area (Å²) < 4.78 is 34.1. The van der Waals surface area contributed by atoms with Crippen molar-refractivity contribution < 1.29 is 32.9 Å². The van der Waals surface area contributed by atoms with Gasteiger partial charge in [0.25, 0.3) is 5.91 Å². The van der Waals surface area contributed by atoms with E-state index in [1.165, 1.54) is 18.2 Å². The van der Waals surface area contributed by atoms with E-state index >= 15 is 0 Å². The number of amides is 1. The average molecular weight is 423 g/mol. The number of carbonyl (C=O) groups excluding carboxylic acids is 2. The van der Waals surface area contributed by atoms with Crippen molar-refractivity contribution in [2.45, 2.75) is 6.61 Å². The van der Waals surface area contributed by atoms with Crippen LogP contribution >= 0.6 is 0 Å². The molecule has 0 radical (unpaired) electrons. The van der Waals surface area contributed by atoms with Gasteiger partial charge in [-0.25, -0.2) is 9.18 Å². The van der Waals surface area contributed by atoms with E-state index in [1.807, 2.05) is 0 Å². The second-order valence-corrected chi connectivity index (χ2v) is 6.64. The lowest BCUT2D eigenvalue weighted by atomic mass is 10.2. The van der Waals surface area contributed by atoms with Gasteiger partial charge in [-0.2, -0.15) is 0 Å². The molecule has 1 heterocycles. The number of rotatable bonds is 7. The molecule has 0 aromatic heterocycles. The summed E-state index contributed by atoms with van der Waals surface area (Å²) in [5.41, 5.74) is 1.53. The number of anilines is 1. The van der Waals surface area contributed by atoms with Gasteiger partial charge in [-0.3, -0.25) is 4.79 Å². The van der Waals surface area contributed by atoms with Crippen molar-refractivity contribution in [2.24, 2.45) is 0 Å². The Labute approximate surface area is 177 Å². The third kappa shape index (κ3) is 5.30. The van der Waals surface area contributed by atoms with E-state index in [2.05, 4.69) is 5.32 Å². The fraction of sp³-hybridized carbons (Fsp3) is 0.130. The Morgan fingerprint density at radius 1 is 0.968 bits per heavy atom. The number of halogens is 1. The average Bonchev–Trinajstić information content (AvgIpc) is 3.25. The highest BCUT2D eigenvalue weighted by Gasteiger charge is 2.15. The normalized spacial score (nSPS) is 11.6. The standard InChI is InChI=1S/C23H18FNO6/c24-17-6-4-15(5-7-17)12-28-19-3-1-2-16(10-19)23(27)29-13-22(26)25-18-8-9-20-21(11-18)31-14-30-20/h1-11H,12-14H2,(H,25,26). The van der Waals surface area contributed by atoms with Gasteiger partial charge in [0.1, 0.15) is 18.2 Å². The molecule has 158 valence electrons. The van der Waals surface area contributed by atoms with Gasteiger partial charge >= 0.3 is 5.97 Å². The molecule has 3 aromatic rings. The zero-order valence-electron chi connectivity index (χ0n) is 16.3. The van der Waals surface area contributed by atoms with E-state index in [9.17, 15) is 14.0 Å². The van der Waals surface area contributed by atoms with Gasteiger partial charge in [-0.1, -0.05) is 18.2 Å². The van der Waals surface area contributed by atoms with Gasteiger partial charge in [0.05, 0.1) is 5.56 Å². The van der Waals surface area contributed by atoms with Crippen LogP contribution in [-0.4, -0.2) is 25.3 Å². The monoisotopic (exact) mass is 423 g/mol. The van der Waals surface area contributed by atoms with E-state index in [0.717, 1.165) is 5.56 Å². The Kier molecular flexibility index (Phi) is 5.98. The lowest BCUT2D eigenvalue weighted by Crippen LogP contribution is -2.20. The highest BCUT2D eigenvalue weighted by molar-refractivity contribution is 5.95. The van der Waals surface area contributed by atoms with Crippen LogP contribution in [0.3, 0.4) is 0 Å². The first kappa shape index (κ1) is 20.2. The summed E-state index contributed by atoms with van der Waals surface area (Å²) in [7, 11) is 0. The molecule has 0 fully saturated rings. The van der Waals surface area contributed by atoms with E-state index in [4.69, 9.17) is 18.9 Å². The number of benzene rings is 3. The van der Waals surface area contributed by atoms with Gasteiger partial charge in [0, 0.05) is 11.8 Å². The maximum absolute atomic E-state index is 13.0. The van der Waals surface area contributed by atoms with Gasteiger partial charge in [-0.15, -0.1) is 0 Å². The molecular formula is C23H18FNO6. The van der Waals surface area contributed by atoms with Crippen molar-refractivity contribution >= 4 is 17.6 Å². The molecule has 31 heavy (non-hydrogen) atoms. The maximum Gasteiger partial charge on any atom is 0.338 e. The molecule has 0 atom stereocenters. The minimum Gasteiger partial charge on any atom is -0.489 e. The first-order chi connectivity index (χ1) is 15.1. The Morgan fingerprint density at radius 3 is 2.61 bits per heavy atom. The molecule has 0 bridgehead atoms. The SMILES string of the molecule is O=C(COC(=O)c1cccc(OCc2ccc(F)cc2)c1)Nc1ccc2c(c1)OCO2. The highest BCUT2D eigenvalue weighted by atomic mass is 19.1. The molecule has 0 unspecified atom stereocenters. The van der Waals surface area contributed by atoms with E-state index in [-0.39, 0.29) is 24.8 Å². The molecule has 0 saturated heterocycles. The Morgan fingerprint density at radius 2 is 1.77 bits per heavy atom. The molecule has 4 rings (SSSR count). The summed E-state index contributed by atoms with van der Waals surface area (Å²) in [6.07, 6.45) is 0. The largest absolute Gasteiger partial charge is 0.489 e. The van der Waals surface area contributed by atoms with Crippen molar-refractivity contribution in [1.29, 1.82) is 0 Å². The minimum atomic E-state index is -0.659. The van der Waals surface area contributed by atoms with Crippen molar-refractivity contribution in [1.82, 2.24) is 0 Å². The number of fused-ring (bicyclic) bond motifs is 1. The third-order valence-corrected chi connectivity index (χ3v) is 4.38. The van der Waals surface area contributed by atoms with Crippen molar-refractivity contribution in [3.8, 4) is 17.2 Å². The molecule has 1 N–H and O–H groups in total. The first-order valence-corrected chi connectivity index (χ1v) is 9.41. The third-order valence-electron chi connectivity index (χ3n) is 4.38. The molecule has 0 spiro atoms. The molecule has 1 amide bonds. The van der Waals surface area contributed by atoms with Gasteiger partial charge < -0.3 is 24.3 Å². The molecule has 1 aliphatic rings. The van der Waals surface area contributed by atoms with Gasteiger partial charge in [0.15, 0.2) is 18.1 Å². The quantitative estimate of drug-likeness (QED) is 0.580. The van der Waals surface area contributed by atoms with Crippen LogP contribution in [-0.2, 0) is 16.1 Å². The van der Waals surface area contributed by atoms with Crippen LogP contribution in [0.5, 0.6) is 17.2 Å². The Bertz CT molecular complexity index is 1100. The zero-order chi connectivity index (χ0) is 21.6. The lowest BCUT2D eigenvalue weighted by Gasteiger charge is -2.09. The number of nitrogens with one attached hydrogen (secondary N) is 1. The van der Waals surface area contributed by atoms with Crippen LogP contribution in [0.4, 0.5) is 10.1 Å². The number of hydrogen-bond acceptors (Lipinski definition) is 6. The van der Waals surface area contributed by atoms with Crippen LogP contribution in [0.25, 0.3) is 0 Å². The fourth-order valence-corrected chi connectivity index (χ4v) is 2.85. The second kappa shape index (κ2) is 9.17. The highest BCUT2D eigenvalue weighted by Crippen LogP contribution is 2.34. The Balaban J connectivity index is 1.28. The summed E-state index contributed by atoms with van der Waals surface area (Å²) in [6.45, 7) is -0.0956. The topological polar surface area (TPSA) is 83.1 Å². The molecule has 7 nitrogen and oxygen atoms in total. The number of hydrogen-bond donors (Lipinski definition) is 1.